The molecule has 1 unspecified atom stereocenters. The molecule has 0 bridgehead atoms. The van der Waals surface area contributed by atoms with Crippen molar-refractivity contribution in [1.82, 2.24) is 9.38 Å². The fourth-order valence-corrected chi connectivity index (χ4v) is 2.03. The summed E-state index contributed by atoms with van der Waals surface area (Å²) in [5.41, 5.74) is 7.35. The molecule has 1 atom stereocenters. The van der Waals surface area contributed by atoms with Crippen LogP contribution in [0, 0.1) is 0 Å². The van der Waals surface area contributed by atoms with E-state index in [1.54, 1.807) is 12.3 Å². The first-order chi connectivity index (χ1) is 7.06. The molecular formula is C10H11Cl2N3. The van der Waals surface area contributed by atoms with E-state index in [1.165, 1.54) is 0 Å². The number of aromatic nitrogens is 2. The van der Waals surface area contributed by atoms with Crippen molar-refractivity contribution in [2.24, 2.45) is 5.73 Å². The Kier molecular flexibility index (Phi) is 2.87. The van der Waals surface area contributed by atoms with E-state index in [0.29, 0.717) is 10.0 Å². The lowest BCUT2D eigenvalue weighted by molar-refractivity contribution is 0.726. The average molecular weight is 244 g/mol. The molecule has 2 aromatic rings. The predicted octanol–water partition coefficient (Wildman–Crippen LogP) is 2.53. The van der Waals surface area contributed by atoms with Crippen LogP contribution in [0.15, 0.2) is 18.5 Å². The van der Waals surface area contributed by atoms with Crippen LogP contribution in [0.25, 0.3) is 5.65 Å². The first-order valence-corrected chi connectivity index (χ1v) is 5.40. The van der Waals surface area contributed by atoms with E-state index >= 15 is 0 Å². The quantitative estimate of drug-likeness (QED) is 0.882. The van der Waals surface area contributed by atoms with Gasteiger partial charge in [-0.15, -0.1) is 0 Å². The fourth-order valence-electron chi connectivity index (χ4n) is 1.50. The second kappa shape index (κ2) is 4.00. The highest BCUT2D eigenvalue weighted by atomic mass is 35.5. The summed E-state index contributed by atoms with van der Waals surface area (Å²) in [7, 11) is 0. The van der Waals surface area contributed by atoms with Gasteiger partial charge >= 0.3 is 0 Å². The number of hydrogen-bond acceptors (Lipinski definition) is 2. The zero-order valence-electron chi connectivity index (χ0n) is 8.24. The van der Waals surface area contributed by atoms with Crippen molar-refractivity contribution < 1.29 is 0 Å². The smallest absolute Gasteiger partial charge is 0.155 e. The highest BCUT2D eigenvalue weighted by Crippen LogP contribution is 2.21. The van der Waals surface area contributed by atoms with E-state index in [1.807, 2.05) is 17.5 Å². The maximum atomic E-state index is 6.01. The molecule has 0 fully saturated rings. The van der Waals surface area contributed by atoms with Gasteiger partial charge in [0.2, 0.25) is 0 Å². The largest absolute Gasteiger partial charge is 0.328 e. The van der Waals surface area contributed by atoms with E-state index in [-0.39, 0.29) is 6.04 Å². The molecule has 2 heterocycles. The second-order valence-corrected chi connectivity index (χ2v) is 4.49. The van der Waals surface area contributed by atoms with E-state index in [9.17, 15) is 0 Å². The maximum Gasteiger partial charge on any atom is 0.155 e. The second-order valence-electron chi connectivity index (χ2n) is 3.65. The van der Waals surface area contributed by atoms with Crippen LogP contribution in [0.1, 0.15) is 12.6 Å². The number of imidazole rings is 1. The minimum absolute atomic E-state index is 0.0872. The van der Waals surface area contributed by atoms with Crippen molar-refractivity contribution in [3.63, 3.8) is 0 Å². The van der Waals surface area contributed by atoms with Crippen molar-refractivity contribution in [3.8, 4) is 0 Å². The van der Waals surface area contributed by atoms with Gasteiger partial charge in [-0.05, 0) is 13.0 Å². The number of nitrogens with two attached hydrogens (primary N) is 1. The summed E-state index contributed by atoms with van der Waals surface area (Å²) in [4.78, 5) is 4.39. The van der Waals surface area contributed by atoms with Gasteiger partial charge in [0.25, 0.3) is 0 Å². The van der Waals surface area contributed by atoms with Crippen LogP contribution in [0.5, 0.6) is 0 Å². The molecule has 2 rings (SSSR count). The summed E-state index contributed by atoms with van der Waals surface area (Å²) in [5, 5.41) is 1.15. The highest BCUT2D eigenvalue weighted by molar-refractivity contribution is 6.36. The molecular weight excluding hydrogens is 233 g/mol. The normalized spacial score (nSPS) is 13.3. The SMILES string of the molecule is CC(N)Cc1cn2cc(Cl)cc(Cl)c2n1. The van der Waals surface area contributed by atoms with Gasteiger partial charge in [0.05, 0.1) is 15.7 Å². The Hall–Kier alpha value is -0.770. The van der Waals surface area contributed by atoms with Crippen LogP contribution in [0.2, 0.25) is 10.0 Å². The van der Waals surface area contributed by atoms with Crippen molar-refractivity contribution in [1.29, 1.82) is 0 Å². The van der Waals surface area contributed by atoms with Gasteiger partial charge < -0.3 is 10.1 Å². The van der Waals surface area contributed by atoms with Crippen molar-refractivity contribution in [2.75, 3.05) is 0 Å². The lowest BCUT2D eigenvalue weighted by Crippen LogP contribution is -2.17. The zero-order chi connectivity index (χ0) is 11.0. The molecule has 0 aromatic carbocycles. The summed E-state index contributed by atoms with van der Waals surface area (Å²) in [6.07, 6.45) is 4.41. The van der Waals surface area contributed by atoms with Crippen LogP contribution in [-0.2, 0) is 6.42 Å². The molecule has 0 spiro atoms. The standard InChI is InChI=1S/C10H11Cl2N3/c1-6(13)2-8-5-15-4-7(11)3-9(12)10(15)14-8/h3-6H,2,13H2,1H3. The Balaban J connectivity index is 2.50. The number of rotatable bonds is 2. The molecule has 0 amide bonds. The number of hydrogen-bond donors (Lipinski definition) is 1. The van der Waals surface area contributed by atoms with Crippen molar-refractivity contribution in [3.05, 3.63) is 34.2 Å². The van der Waals surface area contributed by atoms with Gasteiger partial charge in [-0.2, -0.15) is 0 Å². The van der Waals surface area contributed by atoms with Crippen LogP contribution < -0.4 is 5.73 Å². The minimum atomic E-state index is 0.0872. The molecule has 2 N–H and O–H groups in total. The molecule has 0 aliphatic heterocycles. The summed E-state index contributed by atoms with van der Waals surface area (Å²) in [6, 6.07) is 1.77. The van der Waals surface area contributed by atoms with Gasteiger partial charge in [-0.25, -0.2) is 4.98 Å². The highest BCUT2D eigenvalue weighted by Gasteiger charge is 2.07. The number of fused-ring (bicyclic) bond motifs is 1. The van der Waals surface area contributed by atoms with E-state index in [2.05, 4.69) is 4.98 Å². The van der Waals surface area contributed by atoms with Crippen LogP contribution in [-0.4, -0.2) is 15.4 Å². The average Bonchev–Trinajstić information content (AvgIpc) is 2.45. The van der Waals surface area contributed by atoms with Gasteiger partial charge in [0, 0.05) is 24.9 Å². The molecule has 0 saturated carbocycles. The van der Waals surface area contributed by atoms with Crippen molar-refractivity contribution >= 4 is 28.8 Å². The topological polar surface area (TPSA) is 43.3 Å². The summed E-state index contributed by atoms with van der Waals surface area (Å²) in [6.45, 7) is 1.94. The fraction of sp³-hybridized carbons (Fsp3) is 0.300. The van der Waals surface area contributed by atoms with Gasteiger partial charge in [-0.1, -0.05) is 23.2 Å². The number of halogens is 2. The van der Waals surface area contributed by atoms with Crippen molar-refractivity contribution in [2.45, 2.75) is 19.4 Å². The van der Waals surface area contributed by atoms with Crippen LogP contribution in [0.3, 0.4) is 0 Å². The predicted molar refractivity (Wildman–Crippen MR) is 62.6 cm³/mol. The van der Waals surface area contributed by atoms with E-state index in [0.717, 1.165) is 17.8 Å². The lowest BCUT2D eigenvalue weighted by atomic mass is 10.2. The Labute approximate surface area is 97.8 Å². The Bertz CT molecular complexity index is 491. The first kappa shape index (κ1) is 10.7. The molecule has 5 heteroatoms. The van der Waals surface area contributed by atoms with Gasteiger partial charge in [0.1, 0.15) is 0 Å². The van der Waals surface area contributed by atoms with Gasteiger partial charge in [-0.3, -0.25) is 0 Å². The van der Waals surface area contributed by atoms with E-state index in [4.69, 9.17) is 28.9 Å². The van der Waals surface area contributed by atoms with Crippen LogP contribution in [0.4, 0.5) is 0 Å². The minimum Gasteiger partial charge on any atom is -0.328 e. The summed E-state index contributed by atoms with van der Waals surface area (Å²) in [5.74, 6) is 0. The first-order valence-electron chi connectivity index (χ1n) is 4.64. The number of nitrogens with zero attached hydrogens (tertiary/aromatic N) is 2. The Morgan fingerprint density at radius 3 is 2.87 bits per heavy atom. The molecule has 0 aliphatic rings. The molecule has 3 nitrogen and oxygen atoms in total. The third kappa shape index (κ3) is 2.25. The lowest BCUT2D eigenvalue weighted by Gasteiger charge is -1.98. The Morgan fingerprint density at radius 1 is 1.47 bits per heavy atom. The molecule has 0 saturated heterocycles. The summed E-state index contributed by atoms with van der Waals surface area (Å²) < 4.78 is 1.82. The van der Waals surface area contributed by atoms with Crippen LogP contribution >= 0.6 is 23.2 Å². The third-order valence-corrected chi connectivity index (χ3v) is 2.54. The molecule has 2 aromatic heterocycles. The number of pyridine rings is 1. The molecule has 80 valence electrons. The monoisotopic (exact) mass is 243 g/mol. The van der Waals surface area contributed by atoms with E-state index < -0.39 is 0 Å². The molecule has 0 aliphatic carbocycles. The molecule has 15 heavy (non-hydrogen) atoms. The maximum absolute atomic E-state index is 6.01. The van der Waals surface area contributed by atoms with Gasteiger partial charge in [0.15, 0.2) is 5.65 Å². The summed E-state index contributed by atoms with van der Waals surface area (Å²) >= 11 is 11.9. The molecule has 0 radical (unpaired) electrons. The zero-order valence-corrected chi connectivity index (χ0v) is 9.76. The third-order valence-electron chi connectivity index (χ3n) is 2.05. The Morgan fingerprint density at radius 2 is 2.20 bits per heavy atom.